The summed E-state index contributed by atoms with van der Waals surface area (Å²) < 4.78 is 0. The van der Waals surface area contributed by atoms with Crippen LogP contribution in [-0.4, -0.2) is 11.1 Å². The smallest absolute Gasteiger partial charge is 0.304 e. The summed E-state index contributed by atoms with van der Waals surface area (Å²) in [7, 11) is 0. The molecule has 0 aromatic heterocycles. The number of hydrogen-bond acceptors (Lipinski definition) is 1. The molecular weight excluding hydrogens is 152 g/mol. The van der Waals surface area contributed by atoms with Crippen molar-refractivity contribution in [1.82, 2.24) is 0 Å². The number of allylic oxidation sites excluding steroid dienone is 1. The molecule has 0 aromatic rings. The molecular formula is C7H11ClO2. The van der Waals surface area contributed by atoms with E-state index >= 15 is 0 Å². The highest BCUT2D eigenvalue weighted by atomic mass is 35.5. The number of carboxylic acid groups (broad SMARTS) is 1. The second-order valence-corrected chi connectivity index (χ2v) is 3.32. The zero-order valence-electron chi connectivity index (χ0n) is 6.15. The second-order valence-electron chi connectivity index (χ2n) is 2.86. The van der Waals surface area contributed by atoms with E-state index in [1.165, 1.54) is 0 Å². The van der Waals surface area contributed by atoms with E-state index < -0.39 is 11.4 Å². The summed E-state index contributed by atoms with van der Waals surface area (Å²) in [5.74, 6) is -0.855. The third kappa shape index (κ3) is 2.87. The minimum atomic E-state index is -0.855. The lowest BCUT2D eigenvalue weighted by molar-refractivity contribution is -0.138. The largest absolute Gasteiger partial charge is 0.481 e. The normalized spacial score (nSPS) is 11.1. The molecule has 58 valence electrons. The van der Waals surface area contributed by atoms with Crippen molar-refractivity contribution < 1.29 is 9.90 Å². The van der Waals surface area contributed by atoms with Gasteiger partial charge in [-0.05, 0) is 0 Å². The predicted octanol–water partition coefficient (Wildman–Crippen LogP) is 2.24. The van der Waals surface area contributed by atoms with Gasteiger partial charge in [-0.15, -0.1) is 0 Å². The molecule has 0 bridgehead atoms. The Morgan fingerprint density at radius 1 is 1.70 bits per heavy atom. The fourth-order valence-electron chi connectivity index (χ4n) is 0.474. The number of carbonyl (C=O) groups is 1. The average Bonchev–Trinajstić information content (AvgIpc) is 1.60. The maximum absolute atomic E-state index is 10.2. The Bertz CT molecular complexity index is 161. The molecule has 0 saturated heterocycles. The van der Waals surface area contributed by atoms with Crippen LogP contribution in [0.25, 0.3) is 0 Å². The van der Waals surface area contributed by atoms with Gasteiger partial charge in [0.1, 0.15) is 0 Å². The maximum Gasteiger partial charge on any atom is 0.304 e. The van der Waals surface area contributed by atoms with Crippen molar-refractivity contribution in [2.24, 2.45) is 5.41 Å². The molecule has 0 aliphatic rings. The molecule has 0 rings (SSSR count). The molecule has 0 saturated carbocycles. The van der Waals surface area contributed by atoms with Crippen molar-refractivity contribution in [3.63, 3.8) is 0 Å². The van der Waals surface area contributed by atoms with Crippen LogP contribution in [0.5, 0.6) is 0 Å². The highest BCUT2D eigenvalue weighted by Crippen LogP contribution is 2.31. The number of hydrogen-bond donors (Lipinski definition) is 1. The van der Waals surface area contributed by atoms with E-state index in [9.17, 15) is 4.79 Å². The monoisotopic (exact) mass is 162 g/mol. The van der Waals surface area contributed by atoms with Crippen LogP contribution in [0.3, 0.4) is 0 Å². The van der Waals surface area contributed by atoms with Crippen LogP contribution in [-0.2, 0) is 4.79 Å². The van der Waals surface area contributed by atoms with Crippen molar-refractivity contribution in [2.45, 2.75) is 20.3 Å². The van der Waals surface area contributed by atoms with E-state index in [1.807, 2.05) is 0 Å². The van der Waals surface area contributed by atoms with Gasteiger partial charge < -0.3 is 5.11 Å². The Hall–Kier alpha value is -0.500. The van der Waals surface area contributed by atoms with Crippen LogP contribution in [0.2, 0.25) is 0 Å². The lowest BCUT2D eigenvalue weighted by Crippen LogP contribution is -2.16. The Labute approximate surface area is 65.5 Å². The van der Waals surface area contributed by atoms with Crippen LogP contribution in [0.4, 0.5) is 0 Å². The SMILES string of the molecule is C=C(Cl)C(C)(C)CC(=O)O. The number of rotatable bonds is 3. The highest BCUT2D eigenvalue weighted by Gasteiger charge is 2.23. The van der Waals surface area contributed by atoms with Crippen molar-refractivity contribution in [2.75, 3.05) is 0 Å². The maximum atomic E-state index is 10.2. The molecule has 10 heavy (non-hydrogen) atoms. The van der Waals surface area contributed by atoms with Crippen molar-refractivity contribution >= 4 is 17.6 Å². The van der Waals surface area contributed by atoms with Crippen LogP contribution in [0.15, 0.2) is 11.6 Å². The summed E-state index contributed by atoms with van der Waals surface area (Å²) in [5.41, 5.74) is -0.507. The molecule has 1 N–H and O–H groups in total. The molecule has 3 heteroatoms. The number of halogens is 1. The van der Waals surface area contributed by atoms with E-state index in [-0.39, 0.29) is 6.42 Å². The van der Waals surface area contributed by atoms with Gasteiger partial charge in [0.2, 0.25) is 0 Å². The molecule has 0 fully saturated rings. The lowest BCUT2D eigenvalue weighted by atomic mass is 9.89. The van der Waals surface area contributed by atoms with E-state index in [0.29, 0.717) is 5.03 Å². The molecule has 0 spiro atoms. The van der Waals surface area contributed by atoms with Crippen LogP contribution in [0, 0.1) is 5.41 Å². The first-order valence-electron chi connectivity index (χ1n) is 2.93. The predicted molar refractivity (Wildman–Crippen MR) is 41.0 cm³/mol. The zero-order chi connectivity index (χ0) is 8.36. The summed E-state index contributed by atoms with van der Waals surface area (Å²) in [6.07, 6.45) is 0.0231. The van der Waals surface area contributed by atoms with Gasteiger partial charge in [-0.3, -0.25) is 4.79 Å². The van der Waals surface area contributed by atoms with E-state index in [4.69, 9.17) is 16.7 Å². The van der Waals surface area contributed by atoms with Gasteiger partial charge in [0.25, 0.3) is 0 Å². The first-order chi connectivity index (χ1) is 4.36. The minimum absolute atomic E-state index is 0.0231. The van der Waals surface area contributed by atoms with E-state index in [2.05, 4.69) is 6.58 Å². The summed E-state index contributed by atoms with van der Waals surface area (Å²) in [4.78, 5) is 10.2. The Balaban J connectivity index is 4.13. The van der Waals surface area contributed by atoms with Crippen LogP contribution in [0.1, 0.15) is 20.3 Å². The quantitative estimate of drug-likeness (QED) is 0.691. The molecule has 0 heterocycles. The number of carboxylic acids is 1. The van der Waals surface area contributed by atoms with Crippen LogP contribution < -0.4 is 0 Å². The fourth-order valence-corrected chi connectivity index (χ4v) is 0.541. The first-order valence-corrected chi connectivity index (χ1v) is 3.31. The highest BCUT2D eigenvalue weighted by molar-refractivity contribution is 6.30. The third-order valence-electron chi connectivity index (χ3n) is 1.33. The lowest BCUT2D eigenvalue weighted by Gasteiger charge is -2.19. The topological polar surface area (TPSA) is 37.3 Å². The molecule has 0 aliphatic heterocycles. The third-order valence-corrected chi connectivity index (χ3v) is 1.84. The molecule has 0 unspecified atom stereocenters. The average molecular weight is 163 g/mol. The van der Waals surface area contributed by atoms with Crippen molar-refractivity contribution in [3.05, 3.63) is 11.6 Å². The Morgan fingerprint density at radius 2 is 2.10 bits per heavy atom. The van der Waals surface area contributed by atoms with E-state index in [1.54, 1.807) is 13.8 Å². The zero-order valence-corrected chi connectivity index (χ0v) is 6.90. The fraction of sp³-hybridized carbons (Fsp3) is 0.571. The van der Waals surface area contributed by atoms with Crippen molar-refractivity contribution in [1.29, 1.82) is 0 Å². The standard InChI is InChI=1S/C7H11ClO2/c1-5(8)7(2,3)4-6(9)10/h1,4H2,2-3H3,(H,9,10). The molecule has 0 radical (unpaired) electrons. The molecule has 0 atom stereocenters. The summed E-state index contributed by atoms with van der Waals surface area (Å²) in [6.45, 7) is 6.97. The molecule has 0 aliphatic carbocycles. The minimum Gasteiger partial charge on any atom is -0.481 e. The first kappa shape index (κ1) is 9.50. The van der Waals surface area contributed by atoms with Gasteiger partial charge in [0.05, 0.1) is 6.42 Å². The summed E-state index contributed by atoms with van der Waals surface area (Å²) in [5, 5.41) is 8.78. The van der Waals surface area contributed by atoms with Gasteiger partial charge in [0.15, 0.2) is 0 Å². The summed E-state index contributed by atoms with van der Waals surface area (Å²) in [6, 6.07) is 0. The summed E-state index contributed by atoms with van der Waals surface area (Å²) >= 11 is 5.56. The van der Waals surface area contributed by atoms with Gasteiger partial charge in [-0.1, -0.05) is 32.0 Å². The van der Waals surface area contributed by atoms with Crippen molar-refractivity contribution in [3.8, 4) is 0 Å². The van der Waals surface area contributed by atoms with Gasteiger partial charge in [0, 0.05) is 10.4 Å². The van der Waals surface area contributed by atoms with Gasteiger partial charge in [-0.2, -0.15) is 0 Å². The molecule has 0 aromatic carbocycles. The molecule has 2 nitrogen and oxygen atoms in total. The van der Waals surface area contributed by atoms with Gasteiger partial charge >= 0.3 is 5.97 Å². The second kappa shape index (κ2) is 3.06. The number of aliphatic carboxylic acids is 1. The van der Waals surface area contributed by atoms with E-state index in [0.717, 1.165) is 0 Å². The van der Waals surface area contributed by atoms with Crippen LogP contribution >= 0.6 is 11.6 Å². The Morgan fingerprint density at radius 3 is 2.20 bits per heavy atom. The van der Waals surface area contributed by atoms with Gasteiger partial charge in [-0.25, -0.2) is 0 Å². The Kier molecular flexibility index (Phi) is 2.91. The molecule has 0 amide bonds.